The monoisotopic (exact) mass is 257 g/mol. The van der Waals surface area contributed by atoms with Crippen molar-refractivity contribution in [1.29, 1.82) is 0 Å². The number of nitrogens with one attached hydrogen (secondary N) is 1. The van der Waals surface area contributed by atoms with Crippen LogP contribution in [0, 0.1) is 0 Å². The van der Waals surface area contributed by atoms with Crippen molar-refractivity contribution in [2.45, 2.75) is 5.88 Å². The van der Waals surface area contributed by atoms with Crippen LogP contribution < -0.4 is 5.32 Å². The van der Waals surface area contributed by atoms with Crippen LogP contribution in [0.25, 0.3) is 0 Å². The summed E-state index contributed by atoms with van der Waals surface area (Å²) in [6.07, 6.45) is 0. The third-order valence-electron chi connectivity index (χ3n) is 2.03. The van der Waals surface area contributed by atoms with Crippen molar-refractivity contribution >= 4 is 45.9 Å². The van der Waals surface area contributed by atoms with Crippen LogP contribution in [0.5, 0.6) is 0 Å². The molecule has 2 aromatic rings. The first kappa shape index (κ1) is 10.8. The summed E-state index contributed by atoms with van der Waals surface area (Å²) in [5.41, 5.74) is 3.04. The average molecular weight is 258 g/mol. The first-order valence-electron chi connectivity index (χ1n) is 4.44. The normalized spacial score (nSPS) is 10.3. The Balaban J connectivity index is 2.26. The molecule has 0 saturated carbocycles. The van der Waals surface area contributed by atoms with Gasteiger partial charge in [-0.2, -0.15) is 0 Å². The predicted octanol–water partition coefficient (Wildman–Crippen LogP) is 4.88. The van der Waals surface area contributed by atoms with Gasteiger partial charge in [-0.25, -0.2) is 0 Å². The zero-order valence-corrected chi connectivity index (χ0v) is 10.2. The van der Waals surface area contributed by atoms with Crippen LogP contribution in [0.2, 0.25) is 5.02 Å². The minimum absolute atomic E-state index is 0.510. The Hall–Kier alpha value is -0.700. The summed E-state index contributed by atoms with van der Waals surface area (Å²) in [4.78, 5) is 0. The summed E-state index contributed by atoms with van der Waals surface area (Å²) in [6.45, 7) is 0. The fraction of sp³-hybridized carbons (Fsp3) is 0.0909. The maximum Gasteiger partial charge on any atom is 0.0640 e. The molecule has 2 rings (SSSR count). The van der Waals surface area contributed by atoms with Crippen LogP contribution >= 0.6 is 34.5 Å². The number of hydrogen-bond donors (Lipinski definition) is 1. The van der Waals surface area contributed by atoms with E-state index in [0.717, 1.165) is 16.9 Å². The van der Waals surface area contributed by atoms with E-state index in [0.29, 0.717) is 10.9 Å². The molecule has 0 unspecified atom stereocenters. The van der Waals surface area contributed by atoms with Gasteiger partial charge in [-0.1, -0.05) is 23.7 Å². The summed E-state index contributed by atoms with van der Waals surface area (Å²) in [7, 11) is 0. The molecule has 0 atom stereocenters. The molecular weight excluding hydrogens is 249 g/mol. The maximum absolute atomic E-state index is 6.04. The van der Waals surface area contributed by atoms with Gasteiger partial charge in [0.05, 0.1) is 22.3 Å². The smallest absolute Gasteiger partial charge is 0.0640 e. The zero-order valence-electron chi connectivity index (χ0n) is 7.84. The first-order chi connectivity index (χ1) is 7.31. The molecule has 0 amide bonds. The molecule has 0 saturated heterocycles. The van der Waals surface area contributed by atoms with Gasteiger partial charge in [-0.3, -0.25) is 0 Å². The molecule has 1 heterocycles. The number of hydrogen-bond acceptors (Lipinski definition) is 2. The summed E-state index contributed by atoms with van der Waals surface area (Å²) >= 11 is 13.5. The van der Waals surface area contributed by atoms with Gasteiger partial charge in [0.2, 0.25) is 0 Å². The zero-order chi connectivity index (χ0) is 10.7. The third kappa shape index (κ3) is 2.46. The Labute approximate surface area is 103 Å². The van der Waals surface area contributed by atoms with Crippen LogP contribution in [0.4, 0.5) is 11.4 Å². The highest BCUT2D eigenvalue weighted by atomic mass is 35.5. The second-order valence-electron chi connectivity index (χ2n) is 3.05. The summed E-state index contributed by atoms with van der Waals surface area (Å²) < 4.78 is 0. The van der Waals surface area contributed by atoms with Gasteiger partial charge in [-0.15, -0.1) is 22.9 Å². The Morgan fingerprint density at radius 2 is 1.93 bits per heavy atom. The number of benzene rings is 1. The van der Waals surface area contributed by atoms with Crippen LogP contribution in [0.1, 0.15) is 5.56 Å². The Morgan fingerprint density at radius 1 is 1.13 bits per heavy atom. The van der Waals surface area contributed by atoms with Crippen molar-refractivity contribution in [3.05, 3.63) is 45.6 Å². The fourth-order valence-corrected chi connectivity index (χ4v) is 2.53. The average Bonchev–Trinajstić information content (AvgIpc) is 2.69. The van der Waals surface area contributed by atoms with Crippen molar-refractivity contribution in [1.82, 2.24) is 0 Å². The van der Waals surface area contributed by atoms with Crippen molar-refractivity contribution in [3.8, 4) is 0 Å². The number of para-hydroxylation sites is 1. The molecule has 15 heavy (non-hydrogen) atoms. The highest BCUT2D eigenvalue weighted by Gasteiger charge is 2.04. The lowest BCUT2D eigenvalue weighted by Crippen LogP contribution is -1.91. The summed E-state index contributed by atoms with van der Waals surface area (Å²) in [5, 5.41) is 8.04. The molecule has 0 spiro atoms. The molecule has 0 aliphatic heterocycles. The van der Waals surface area contributed by atoms with Gasteiger partial charge >= 0.3 is 0 Å². The Morgan fingerprint density at radius 3 is 2.67 bits per heavy atom. The second-order valence-corrected chi connectivity index (χ2v) is 4.47. The van der Waals surface area contributed by atoms with Gasteiger partial charge < -0.3 is 5.32 Å². The van der Waals surface area contributed by atoms with E-state index < -0.39 is 0 Å². The van der Waals surface area contributed by atoms with Gasteiger partial charge in [-0.05, 0) is 17.5 Å². The van der Waals surface area contributed by atoms with Crippen molar-refractivity contribution in [2.75, 3.05) is 5.32 Å². The molecule has 4 heteroatoms. The third-order valence-corrected chi connectivity index (χ3v) is 3.44. The summed E-state index contributed by atoms with van der Waals surface area (Å²) in [6, 6.07) is 7.65. The Bertz CT molecular complexity index is 453. The largest absolute Gasteiger partial charge is 0.353 e. The van der Waals surface area contributed by atoms with Crippen molar-refractivity contribution < 1.29 is 0 Å². The molecule has 0 radical (unpaired) electrons. The van der Waals surface area contributed by atoms with Crippen LogP contribution in [-0.2, 0) is 5.88 Å². The van der Waals surface area contributed by atoms with E-state index in [2.05, 4.69) is 5.32 Å². The molecule has 1 aromatic heterocycles. The maximum atomic E-state index is 6.04. The molecule has 0 fully saturated rings. The van der Waals surface area contributed by atoms with E-state index >= 15 is 0 Å². The van der Waals surface area contributed by atoms with E-state index in [-0.39, 0.29) is 0 Å². The SMILES string of the molecule is ClCc1cscc1Nc1ccccc1Cl. The molecule has 78 valence electrons. The lowest BCUT2D eigenvalue weighted by molar-refractivity contribution is 1.43. The molecule has 1 aromatic carbocycles. The highest BCUT2D eigenvalue weighted by Crippen LogP contribution is 2.29. The van der Waals surface area contributed by atoms with E-state index in [1.54, 1.807) is 11.3 Å². The van der Waals surface area contributed by atoms with Crippen LogP contribution in [0.3, 0.4) is 0 Å². The van der Waals surface area contributed by atoms with E-state index in [1.807, 2.05) is 35.0 Å². The van der Waals surface area contributed by atoms with Crippen LogP contribution in [-0.4, -0.2) is 0 Å². The predicted molar refractivity (Wildman–Crippen MR) is 68.6 cm³/mol. The lowest BCUT2D eigenvalue weighted by Gasteiger charge is -2.07. The van der Waals surface area contributed by atoms with Crippen molar-refractivity contribution in [2.24, 2.45) is 0 Å². The number of anilines is 2. The van der Waals surface area contributed by atoms with Gasteiger partial charge in [0, 0.05) is 10.9 Å². The standard InChI is InChI=1S/C11H9Cl2NS/c12-5-8-6-15-7-11(8)14-10-4-2-1-3-9(10)13/h1-4,6-7,14H,5H2. The lowest BCUT2D eigenvalue weighted by atomic mass is 10.3. The number of rotatable bonds is 3. The Kier molecular flexibility index (Phi) is 3.52. The number of thiophene rings is 1. The first-order valence-corrected chi connectivity index (χ1v) is 6.29. The quantitative estimate of drug-likeness (QED) is 0.773. The van der Waals surface area contributed by atoms with E-state index in [9.17, 15) is 0 Å². The minimum Gasteiger partial charge on any atom is -0.353 e. The van der Waals surface area contributed by atoms with E-state index in [1.165, 1.54) is 0 Å². The van der Waals surface area contributed by atoms with Gasteiger partial charge in [0.15, 0.2) is 0 Å². The molecule has 0 aliphatic rings. The van der Waals surface area contributed by atoms with Gasteiger partial charge in [0.1, 0.15) is 0 Å². The molecule has 1 nitrogen and oxygen atoms in total. The fourth-order valence-electron chi connectivity index (χ4n) is 1.24. The van der Waals surface area contributed by atoms with E-state index in [4.69, 9.17) is 23.2 Å². The molecule has 0 aliphatic carbocycles. The number of alkyl halides is 1. The van der Waals surface area contributed by atoms with Crippen molar-refractivity contribution in [3.63, 3.8) is 0 Å². The minimum atomic E-state index is 0.510. The molecule has 0 bridgehead atoms. The molecule has 1 N–H and O–H groups in total. The second kappa shape index (κ2) is 4.88. The number of halogens is 2. The van der Waals surface area contributed by atoms with Gasteiger partial charge in [0.25, 0.3) is 0 Å². The van der Waals surface area contributed by atoms with Crippen LogP contribution in [0.15, 0.2) is 35.0 Å². The topological polar surface area (TPSA) is 12.0 Å². The summed E-state index contributed by atoms with van der Waals surface area (Å²) in [5.74, 6) is 0.510. The molecular formula is C11H9Cl2NS. The highest BCUT2D eigenvalue weighted by molar-refractivity contribution is 7.08.